The average Bonchev–Trinajstić information content (AvgIpc) is 3.84. The van der Waals surface area contributed by atoms with E-state index in [9.17, 15) is 0 Å². The molecule has 0 bridgehead atoms. The van der Waals surface area contributed by atoms with E-state index < -0.39 is 0 Å². The molecule has 0 N–H and O–H groups in total. The summed E-state index contributed by atoms with van der Waals surface area (Å²) in [6.07, 6.45) is 1.90. The molecule has 0 aliphatic carbocycles. The third-order valence-corrected chi connectivity index (χ3v) is 12.8. The molecule has 9 aromatic rings. The summed E-state index contributed by atoms with van der Waals surface area (Å²) in [5.74, 6) is 6.29. The second-order valence-electron chi connectivity index (χ2n) is 19.0. The Morgan fingerprint density at radius 2 is 1.14 bits per heavy atom. The van der Waals surface area contributed by atoms with Crippen LogP contribution in [0.3, 0.4) is 0 Å². The Morgan fingerprint density at radius 1 is 0.545 bits per heavy atom. The van der Waals surface area contributed by atoms with Gasteiger partial charge in [-0.1, -0.05) is 83.5 Å². The van der Waals surface area contributed by atoms with Crippen molar-refractivity contribution in [3.8, 4) is 51.8 Å². The molecular weight excluding hydrogens is 1000 g/mol. The standard InChI is InChI=1S/C56H42N5O4.Pt/c1-55(2,3)33-20-23-41-40(26-33)39-22-21-38(31-44(39)60(41)51-27-34(24-25-57-51)56(4,5)6)62-37-13-9-12-35(28-37)58-32-59(43-15-8-7-14-42(43)58)36-29-49-54-50(30-36)65-48-19-11-17-46-53(48)61(54)52-45(63-46)16-10-18-47(52)64-49;/h7-27,29-30,32H,1-6H3;/q-3;. The summed E-state index contributed by atoms with van der Waals surface area (Å²) in [6.45, 7) is 15.5. The smallest absolute Gasteiger partial charge is 0.157 e. The van der Waals surface area contributed by atoms with E-state index in [1.807, 2.05) is 72.9 Å². The van der Waals surface area contributed by atoms with Gasteiger partial charge in [-0.2, -0.15) is 12.1 Å². The molecule has 0 radical (unpaired) electrons. The zero-order valence-corrected chi connectivity index (χ0v) is 39.3. The molecule has 4 aliphatic heterocycles. The fourth-order valence-corrected chi connectivity index (χ4v) is 9.51. The molecule has 0 atom stereocenters. The van der Waals surface area contributed by atoms with Crippen molar-refractivity contribution in [1.82, 2.24) is 9.55 Å². The largest absolute Gasteiger partial charge is 0.509 e. The number of aromatic nitrogens is 2. The van der Waals surface area contributed by atoms with Gasteiger partial charge in [-0.25, -0.2) is 4.98 Å². The predicted octanol–water partition coefficient (Wildman–Crippen LogP) is 15.4. The second kappa shape index (κ2) is 14.4. The molecule has 66 heavy (non-hydrogen) atoms. The fraction of sp³-hybridized carbons (Fsp3) is 0.143. The Bertz CT molecular complexity index is 3420. The minimum atomic E-state index is -0.0444. The Hall–Kier alpha value is -7.22. The van der Waals surface area contributed by atoms with E-state index >= 15 is 0 Å². The van der Waals surface area contributed by atoms with Gasteiger partial charge in [-0.05, 0) is 81.9 Å². The van der Waals surface area contributed by atoms with Crippen LogP contribution in [0.1, 0.15) is 52.7 Å². The number of nitrogens with zero attached hydrogens (tertiary/aromatic N) is 5. The van der Waals surface area contributed by atoms with Crippen molar-refractivity contribution in [1.29, 1.82) is 0 Å². The predicted molar refractivity (Wildman–Crippen MR) is 257 cm³/mol. The molecule has 7 aromatic carbocycles. The number of pyridine rings is 1. The van der Waals surface area contributed by atoms with E-state index in [2.05, 4.69) is 146 Å². The van der Waals surface area contributed by atoms with Crippen molar-refractivity contribution < 1.29 is 40.0 Å². The van der Waals surface area contributed by atoms with E-state index in [0.717, 1.165) is 90.4 Å². The third kappa shape index (κ3) is 6.13. The normalized spacial score (nSPS) is 14.0. The van der Waals surface area contributed by atoms with Crippen LogP contribution in [0.5, 0.6) is 46.0 Å². The Balaban J connectivity index is 0.00000456. The molecule has 0 saturated carbocycles. The molecule has 2 aromatic heterocycles. The van der Waals surface area contributed by atoms with Crippen molar-refractivity contribution in [2.24, 2.45) is 0 Å². The van der Waals surface area contributed by atoms with Gasteiger partial charge in [0.2, 0.25) is 0 Å². The molecule has 4 aliphatic rings. The van der Waals surface area contributed by atoms with Crippen LogP contribution in [-0.4, -0.2) is 9.55 Å². The first kappa shape index (κ1) is 40.3. The summed E-state index contributed by atoms with van der Waals surface area (Å²) >= 11 is 0. The van der Waals surface area contributed by atoms with E-state index in [0.29, 0.717) is 23.0 Å². The summed E-state index contributed by atoms with van der Waals surface area (Å²) in [5.41, 5.74) is 10.7. The summed E-state index contributed by atoms with van der Waals surface area (Å²) in [5, 5.41) is 2.24. The summed E-state index contributed by atoms with van der Waals surface area (Å²) in [6, 6.07) is 52.7. The Kier molecular flexibility index (Phi) is 8.79. The molecule has 9 nitrogen and oxygen atoms in total. The van der Waals surface area contributed by atoms with E-state index in [1.54, 1.807) is 0 Å². The molecule has 6 heterocycles. The van der Waals surface area contributed by atoms with Gasteiger partial charge in [0.15, 0.2) is 34.5 Å². The van der Waals surface area contributed by atoms with Crippen molar-refractivity contribution in [3.05, 3.63) is 170 Å². The maximum Gasteiger partial charge on any atom is 0.157 e. The van der Waals surface area contributed by atoms with Crippen LogP contribution in [0.2, 0.25) is 0 Å². The van der Waals surface area contributed by atoms with Crippen LogP contribution in [0, 0.1) is 18.8 Å². The summed E-state index contributed by atoms with van der Waals surface area (Å²) in [4.78, 5) is 11.4. The number of hydrogen-bond donors (Lipinski definition) is 0. The van der Waals surface area contributed by atoms with Gasteiger partial charge < -0.3 is 33.3 Å². The Labute approximate surface area is 397 Å². The van der Waals surface area contributed by atoms with Gasteiger partial charge in [-0.3, -0.25) is 4.90 Å². The van der Waals surface area contributed by atoms with Crippen LogP contribution in [0.4, 0.5) is 39.8 Å². The minimum absolute atomic E-state index is 0. The van der Waals surface area contributed by atoms with Crippen molar-refractivity contribution in [2.75, 3.05) is 14.7 Å². The quantitative estimate of drug-likeness (QED) is 0.158. The molecule has 328 valence electrons. The monoisotopic (exact) mass is 1040 g/mol. The first-order chi connectivity index (χ1) is 31.4. The van der Waals surface area contributed by atoms with Crippen molar-refractivity contribution in [2.45, 2.75) is 52.4 Å². The van der Waals surface area contributed by atoms with Crippen molar-refractivity contribution >= 4 is 61.6 Å². The van der Waals surface area contributed by atoms with Gasteiger partial charge in [-0.15, -0.1) is 48.1 Å². The molecule has 13 rings (SSSR count). The second-order valence-corrected chi connectivity index (χ2v) is 19.0. The molecule has 0 fully saturated rings. The SMILES string of the molecule is CC(C)(C)c1ccnc(-n2c3[c-]c(Oc4[c-]c(N5[CH-]N(c6cc7c8c(c6)Oc6cccc9c6N8c6c(cccc6O7)O9)c6ccccc65)ccc4)ccc3c3cc(C(C)(C)C)ccc32)c1.[Pt]. The first-order valence-corrected chi connectivity index (χ1v) is 21.9. The number of ether oxygens (including phenoxy) is 4. The van der Waals surface area contributed by atoms with Gasteiger partial charge >= 0.3 is 0 Å². The van der Waals surface area contributed by atoms with Gasteiger partial charge in [0, 0.05) is 73.5 Å². The number of hydrogen-bond acceptors (Lipinski definition) is 8. The summed E-state index contributed by atoms with van der Waals surface area (Å²) < 4.78 is 28.5. The molecule has 0 amide bonds. The number of para-hydroxylation sites is 4. The Morgan fingerprint density at radius 3 is 1.80 bits per heavy atom. The topological polar surface area (TPSA) is 64.5 Å². The fourth-order valence-electron chi connectivity index (χ4n) is 9.51. The van der Waals surface area contributed by atoms with E-state index in [4.69, 9.17) is 23.9 Å². The zero-order valence-electron chi connectivity index (χ0n) is 37.0. The van der Waals surface area contributed by atoms with Crippen LogP contribution in [0.15, 0.2) is 140 Å². The molecule has 0 spiro atoms. The van der Waals surface area contributed by atoms with Crippen LogP contribution >= 0.6 is 0 Å². The average molecular weight is 1040 g/mol. The number of rotatable bonds is 5. The molecular formula is C56H42N5O4Pt-3. The minimum Gasteiger partial charge on any atom is -0.509 e. The molecule has 0 unspecified atom stereocenters. The summed E-state index contributed by atoms with van der Waals surface area (Å²) in [7, 11) is 0. The maximum absolute atomic E-state index is 6.66. The zero-order chi connectivity index (χ0) is 43.9. The van der Waals surface area contributed by atoms with Crippen molar-refractivity contribution in [3.63, 3.8) is 0 Å². The molecule has 0 saturated heterocycles. The van der Waals surface area contributed by atoms with Gasteiger partial charge in [0.05, 0.1) is 0 Å². The van der Waals surface area contributed by atoms with Crippen LogP contribution < -0.4 is 33.6 Å². The van der Waals surface area contributed by atoms with Crippen LogP contribution in [0.25, 0.3) is 27.6 Å². The van der Waals surface area contributed by atoms with E-state index in [1.165, 1.54) is 11.1 Å². The maximum atomic E-state index is 6.66. The van der Waals surface area contributed by atoms with Gasteiger partial charge in [0.25, 0.3) is 0 Å². The number of fused-ring (bicyclic) bond motifs is 4. The first-order valence-electron chi connectivity index (χ1n) is 21.9. The number of anilines is 7. The molecule has 10 heteroatoms. The van der Waals surface area contributed by atoms with Crippen LogP contribution in [-0.2, 0) is 31.9 Å². The third-order valence-electron chi connectivity index (χ3n) is 12.8. The van der Waals surface area contributed by atoms with Gasteiger partial charge in [0.1, 0.15) is 22.9 Å². The van der Waals surface area contributed by atoms with E-state index in [-0.39, 0.29) is 31.9 Å². The number of benzene rings is 7.